The van der Waals surface area contributed by atoms with Gasteiger partial charge in [0, 0.05) is 22.6 Å². The van der Waals surface area contributed by atoms with Gasteiger partial charge < -0.3 is 5.32 Å². The highest BCUT2D eigenvalue weighted by Crippen LogP contribution is 2.20. The second kappa shape index (κ2) is 5.92. The average Bonchev–Trinajstić information content (AvgIpc) is 2.39. The average molecular weight is 370 g/mol. The summed E-state index contributed by atoms with van der Waals surface area (Å²) >= 11 is 3.24. The number of primary sulfonamides is 1. The van der Waals surface area contributed by atoms with Gasteiger partial charge in [-0.3, -0.25) is 9.78 Å². The molecule has 1 amide bonds. The molecule has 0 saturated carbocycles. The van der Waals surface area contributed by atoms with E-state index >= 15 is 0 Å². The first kappa shape index (κ1) is 15.6. The smallest absolute Gasteiger partial charge is 0.257 e. The minimum absolute atomic E-state index is 0.00196. The van der Waals surface area contributed by atoms with Crippen LogP contribution in [0.25, 0.3) is 0 Å². The normalized spacial score (nSPS) is 11.2. The number of nitrogens with two attached hydrogens (primary N) is 1. The van der Waals surface area contributed by atoms with Crippen molar-refractivity contribution in [3.05, 3.63) is 52.3 Å². The minimum Gasteiger partial charge on any atom is -0.322 e. The molecular weight excluding hydrogens is 358 g/mol. The number of benzene rings is 1. The monoisotopic (exact) mass is 369 g/mol. The SMILES string of the molecule is Cc1cc(S(N)(=O)=O)ccc1NC(=O)c1cncc(Br)c1. The van der Waals surface area contributed by atoms with Crippen LogP contribution in [0.4, 0.5) is 5.69 Å². The highest BCUT2D eigenvalue weighted by atomic mass is 79.9. The molecule has 3 N–H and O–H groups in total. The lowest BCUT2D eigenvalue weighted by Crippen LogP contribution is -2.15. The third kappa shape index (κ3) is 3.87. The summed E-state index contributed by atoms with van der Waals surface area (Å²) in [5.41, 5.74) is 1.49. The van der Waals surface area contributed by atoms with Crippen LogP contribution in [0.3, 0.4) is 0 Å². The van der Waals surface area contributed by atoms with Gasteiger partial charge in [-0.05, 0) is 52.7 Å². The van der Waals surface area contributed by atoms with E-state index < -0.39 is 10.0 Å². The van der Waals surface area contributed by atoms with Crippen LogP contribution in [0, 0.1) is 6.92 Å². The zero-order valence-electron chi connectivity index (χ0n) is 11.0. The molecule has 0 spiro atoms. The number of hydrogen-bond donors (Lipinski definition) is 2. The van der Waals surface area contributed by atoms with E-state index in [1.807, 2.05) is 0 Å². The topological polar surface area (TPSA) is 102 Å². The fourth-order valence-corrected chi connectivity index (χ4v) is 2.65. The van der Waals surface area contributed by atoms with Crippen molar-refractivity contribution >= 4 is 37.5 Å². The third-order valence-corrected chi connectivity index (χ3v) is 4.09. The number of carbonyl (C=O) groups excluding carboxylic acids is 1. The standard InChI is InChI=1S/C13H12BrN3O3S/c1-8-4-11(21(15,19)20)2-3-12(8)17-13(18)9-5-10(14)7-16-6-9/h2-7H,1H3,(H,17,18)(H2,15,19,20). The molecule has 2 aromatic rings. The van der Waals surface area contributed by atoms with E-state index in [1.165, 1.54) is 24.4 Å². The summed E-state index contributed by atoms with van der Waals surface area (Å²) < 4.78 is 23.2. The maximum absolute atomic E-state index is 12.1. The minimum atomic E-state index is -3.76. The molecule has 0 aliphatic carbocycles. The van der Waals surface area contributed by atoms with Gasteiger partial charge in [0.15, 0.2) is 0 Å². The van der Waals surface area contributed by atoms with Crippen molar-refractivity contribution in [2.45, 2.75) is 11.8 Å². The van der Waals surface area contributed by atoms with Crippen molar-refractivity contribution in [2.24, 2.45) is 5.14 Å². The number of nitrogens with one attached hydrogen (secondary N) is 1. The maximum Gasteiger partial charge on any atom is 0.257 e. The Balaban J connectivity index is 2.26. The van der Waals surface area contributed by atoms with Gasteiger partial charge >= 0.3 is 0 Å². The van der Waals surface area contributed by atoms with E-state index in [0.29, 0.717) is 21.3 Å². The van der Waals surface area contributed by atoms with Gasteiger partial charge in [-0.15, -0.1) is 0 Å². The van der Waals surface area contributed by atoms with E-state index in [0.717, 1.165) is 0 Å². The van der Waals surface area contributed by atoms with Crippen molar-refractivity contribution in [1.29, 1.82) is 0 Å². The number of amides is 1. The maximum atomic E-state index is 12.1. The Morgan fingerprint density at radius 3 is 2.57 bits per heavy atom. The summed E-state index contributed by atoms with van der Waals surface area (Å²) in [4.78, 5) is 16.0. The molecule has 0 aliphatic rings. The molecule has 1 aromatic heterocycles. The molecule has 6 nitrogen and oxygen atoms in total. The number of aromatic nitrogens is 1. The van der Waals surface area contributed by atoms with Gasteiger partial charge in [0.2, 0.25) is 10.0 Å². The summed E-state index contributed by atoms with van der Waals surface area (Å²) in [7, 11) is -3.76. The van der Waals surface area contributed by atoms with E-state index in [2.05, 4.69) is 26.2 Å². The Hall–Kier alpha value is -1.77. The first-order chi connectivity index (χ1) is 9.77. The van der Waals surface area contributed by atoms with Crippen LogP contribution in [0.1, 0.15) is 15.9 Å². The Labute approximate surface area is 130 Å². The number of pyridine rings is 1. The largest absolute Gasteiger partial charge is 0.322 e. The van der Waals surface area contributed by atoms with E-state index in [-0.39, 0.29) is 10.8 Å². The van der Waals surface area contributed by atoms with Crippen molar-refractivity contribution < 1.29 is 13.2 Å². The summed E-state index contributed by atoms with van der Waals surface area (Å²) in [6.45, 7) is 1.68. The van der Waals surface area contributed by atoms with Crippen molar-refractivity contribution in [1.82, 2.24) is 4.98 Å². The van der Waals surface area contributed by atoms with Crippen molar-refractivity contribution in [3.63, 3.8) is 0 Å². The molecule has 0 aliphatic heterocycles. The molecule has 2 rings (SSSR count). The molecule has 110 valence electrons. The molecule has 1 heterocycles. The number of aryl methyl sites for hydroxylation is 1. The fourth-order valence-electron chi connectivity index (χ4n) is 1.68. The predicted octanol–water partition coefficient (Wildman–Crippen LogP) is 2.05. The first-order valence-electron chi connectivity index (χ1n) is 5.83. The van der Waals surface area contributed by atoms with Crippen molar-refractivity contribution in [2.75, 3.05) is 5.32 Å². The molecular formula is C13H12BrN3O3S. The van der Waals surface area contributed by atoms with Crippen LogP contribution in [-0.4, -0.2) is 19.3 Å². The van der Waals surface area contributed by atoms with Gasteiger partial charge in [0.1, 0.15) is 0 Å². The summed E-state index contributed by atoms with van der Waals surface area (Å²) in [6, 6.07) is 5.88. The zero-order chi connectivity index (χ0) is 15.6. The quantitative estimate of drug-likeness (QED) is 0.863. The van der Waals surface area contributed by atoms with Gasteiger partial charge in [-0.1, -0.05) is 0 Å². The number of nitrogens with zero attached hydrogens (tertiary/aromatic N) is 1. The van der Waals surface area contributed by atoms with Gasteiger partial charge in [-0.25, -0.2) is 13.6 Å². The highest BCUT2D eigenvalue weighted by Gasteiger charge is 2.12. The second-order valence-corrected chi connectivity index (χ2v) is 6.84. The Morgan fingerprint density at radius 2 is 2.00 bits per heavy atom. The van der Waals surface area contributed by atoms with Crippen LogP contribution < -0.4 is 10.5 Å². The number of carbonyl (C=O) groups is 1. The summed E-state index contributed by atoms with van der Waals surface area (Å²) in [5.74, 6) is -0.338. The van der Waals surface area contributed by atoms with Gasteiger partial charge in [0.05, 0.1) is 10.5 Å². The fraction of sp³-hybridized carbons (Fsp3) is 0.0769. The highest BCUT2D eigenvalue weighted by molar-refractivity contribution is 9.10. The molecule has 0 saturated heterocycles. The Morgan fingerprint density at radius 1 is 1.29 bits per heavy atom. The van der Waals surface area contributed by atoms with E-state index in [1.54, 1.807) is 19.2 Å². The van der Waals surface area contributed by atoms with Crippen LogP contribution in [0.15, 0.2) is 46.0 Å². The number of sulfonamides is 1. The summed E-state index contributed by atoms with van der Waals surface area (Å²) in [5, 5.41) is 7.75. The number of hydrogen-bond acceptors (Lipinski definition) is 4. The van der Waals surface area contributed by atoms with Crippen LogP contribution in [0.5, 0.6) is 0 Å². The first-order valence-corrected chi connectivity index (χ1v) is 8.16. The Bertz CT molecular complexity index is 806. The molecule has 8 heteroatoms. The van der Waals surface area contributed by atoms with E-state index in [9.17, 15) is 13.2 Å². The number of anilines is 1. The number of halogens is 1. The molecule has 0 bridgehead atoms. The molecule has 0 fully saturated rings. The summed E-state index contributed by atoms with van der Waals surface area (Å²) in [6.07, 6.45) is 3.01. The van der Waals surface area contributed by atoms with Crippen LogP contribution >= 0.6 is 15.9 Å². The van der Waals surface area contributed by atoms with Gasteiger partial charge in [-0.2, -0.15) is 0 Å². The zero-order valence-corrected chi connectivity index (χ0v) is 13.4. The molecule has 0 unspecified atom stereocenters. The lowest BCUT2D eigenvalue weighted by Gasteiger charge is -2.09. The molecule has 0 radical (unpaired) electrons. The number of rotatable bonds is 3. The van der Waals surface area contributed by atoms with Gasteiger partial charge in [0.25, 0.3) is 5.91 Å². The van der Waals surface area contributed by atoms with Crippen LogP contribution in [0.2, 0.25) is 0 Å². The molecule has 21 heavy (non-hydrogen) atoms. The lowest BCUT2D eigenvalue weighted by molar-refractivity contribution is 0.102. The predicted molar refractivity (Wildman–Crippen MR) is 82.4 cm³/mol. The molecule has 0 atom stereocenters. The Kier molecular flexibility index (Phi) is 4.40. The third-order valence-electron chi connectivity index (χ3n) is 2.74. The van der Waals surface area contributed by atoms with Crippen molar-refractivity contribution in [3.8, 4) is 0 Å². The lowest BCUT2D eigenvalue weighted by atomic mass is 10.2. The van der Waals surface area contributed by atoms with Crippen LogP contribution in [-0.2, 0) is 10.0 Å². The second-order valence-electron chi connectivity index (χ2n) is 4.37. The molecule has 1 aromatic carbocycles. The van der Waals surface area contributed by atoms with E-state index in [4.69, 9.17) is 5.14 Å².